The summed E-state index contributed by atoms with van der Waals surface area (Å²) in [6.07, 6.45) is 2.00. The molecule has 1 aliphatic heterocycles. The van der Waals surface area contributed by atoms with E-state index in [9.17, 15) is 5.26 Å². The van der Waals surface area contributed by atoms with Crippen LogP contribution in [0.15, 0.2) is 18.2 Å². The molecule has 2 heterocycles. The standard InChI is InChI=1S/C19H22N4O2/c1-12-13(2)21-22-19(16(12)11-20)23-9-5-6-17(23)15-8-7-14(24-3)10-18(15)25-4/h7-8,10,17H,5-6,9H2,1-4H3/t17-/m1/s1. The molecule has 0 bridgehead atoms. The van der Waals surface area contributed by atoms with Crippen LogP contribution in [-0.4, -0.2) is 31.0 Å². The van der Waals surface area contributed by atoms with Gasteiger partial charge in [0.25, 0.3) is 0 Å². The zero-order valence-electron chi connectivity index (χ0n) is 15.0. The minimum absolute atomic E-state index is 0.101. The van der Waals surface area contributed by atoms with Gasteiger partial charge in [-0.2, -0.15) is 10.4 Å². The second-order valence-electron chi connectivity index (χ2n) is 6.18. The van der Waals surface area contributed by atoms with E-state index in [0.717, 1.165) is 47.7 Å². The molecular weight excluding hydrogens is 316 g/mol. The number of benzene rings is 1. The molecule has 1 aromatic heterocycles. The Labute approximate surface area is 148 Å². The van der Waals surface area contributed by atoms with Crippen LogP contribution in [0.25, 0.3) is 0 Å². The zero-order valence-corrected chi connectivity index (χ0v) is 15.0. The number of anilines is 1. The maximum atomic E-state index is 9.62. The van der Waals surface area contributed by atoms with Gasteiger partial charge in [0.1, 0.15) is 23.1 Å². The SMILES string of the molecule is COc1ccc([C@H]2CCCN2c2nnc(C)c(C)c2C#N)c(OC)c1. The highest BCUT2D eigenvalue weighted by atomic mass is 16.5. The summed E-state index contributed by atoms with van der Waals surface area (Å²) in [5, 5.41) is 18.2. The zero-order chi connectivity index (χ0) is 18.0. The van der Waals surface area contributed by atoms with Crippen LogP contribution in [-0.2, 0) is 0 Å². The van der Waals surface area contributed by atoms with Crippen LogP contribution in [0.3, 0.4) is 0 Å². The lowest BCUT2D eigenvalue weighted by Gasteiger charge is -2.28. The van der Waals surface area contributed by atoms with Crippen molar-refractivity contribution in [2.24, 2.45) is 0 Å². The molecule has 0 N–H and O–H groups in total. The number of nitrogens with zero attached hydrogens (tertiary/aromatic N) is 4. The van der Waals surface area contributed by atoms with E-state index >= 15 is 0 Å². The van der Waals surface area contributed by atoms with Crippen molar-refractivity contribution >= 4 is 5.82 Å². The van der Waals surface area contributed by atoms with Gasteiger partial charge in [-0.3, -0.25) is 0 Å². The summed E-state index contributed by atoms with van der Waals surface area (Å²) in [6.45, 7) is 4.64. The van der Waals surface area contributed by atoms with E-state index < -0.39 is 0 Å². The van der Waals surface area contributed by atoms with Crippen molar-refractivity contribution in [3.05, 3.63) is 40.6 Å². The Balaban J connectivity index is 2.06. The van der Waals surface area contributed by atoms with E-state index in [1.165, 1.54) is 0 Å². The first-order chi connectivity index (χ1) is 12.1. The smallest absolute Gasteiger partial charge is 0.170 e. The van der Waals surface area contributed by atoms with Crippen molar-refractivity contribution in [1.82, 2.24) is 10.2 Å². The van der Waals surface area contributed by atoms with Gasteiger partial charge in [0.15, 0.2) is 5.82 Å². The highest BCUT2D eigenvalue weighted by Gasteiger charge is 2.32. The number of hydrogen-bond donors (Lipinski definition) is 0. The summed E-state index contributed by atoms with van der Waals surface area (Å²) in [5.74, 6) is 2.20. The van der Waals surface area contributed by atoms with Crippen molar-refractivity contribution in [3.63, 3.8) is 0 Å². The molecule has 1 saturated heterocycles. The van der Waals surface area contributed by atoms with E-state index in [0.29, 0.717) is 11.4 Å². The van der Waals surface area contributed by atoms with Crippen molar-refractivity contribution in [3.8, 4) is 17.6 Å². The second kappa shape index (κ2) is 6.98. The molecule has 0 amide bonds. The maximum absolute atomic E-state index is 9.62. The Bertz CT molecular complexity index is 829. The molecular formula is C19H22N4O2. The predicted octanol–water partition coefficient (Wildman–Crippen LogP) is 3.32. The number of ether oxygens (including phenoxy) is 2. The molecule has 130 valence electrons. The molecule has 0 aliphatic carbocycles. The van der Waals surface area contributed by atoms with Gasteiger partial charge in [-0.1, -0.05) is 0 Å². The van der Waals surface area contributed by atoms with Gasteiger partial charge < -0.3 is 14.4 Å². The van der Waals surface area contributed by atoms with Crippen LogP contribution in [0.4, 0.5) is 5.82 Å². The van der Waals surface area contributed by atoms with Gasteiger partial charge in [0, 0.05) is 18.2 Å². The predicted molar refractivity (Wildman–Crippen MR) is 95.1 cm³/mol. The molecule has 6 heteroatoms. The number of aromatic nitrogens is 2. The first kappa shape index (κ1) is 17.0. The van der Waals surface area contributed by atoms with Gasteiger partial charge in [0.05, 0.1) is 26.0 Å². The number of aryl methyl sites for hydroxylation is 1. The molecule has 6 nitrogen and oxygen atoms in total. The van der Waals surface area contributed by atoms with Crippen LogP contribution in [0, 0.1) is 25.2 Å². The van der Waals surface area contributed by atoms with Gasteiger partial charge in [0.2, 0.25) is 0 Å². The third-order valence-electron chi connectivity index (χ3n) is 4.87. The Morgan fingerprint density at radius 3 is 2.68 bits per heavy atom. The highest BCUT2D eigenvalue weighted by molar-refractivity contribution is 5.60. The van der Waals surface area contributed by atoms with Crippen molar-refractivity contribution < 1.29 is 9.47 Å². The lowest BCUT2D eigenvalue weighted by Crippen LogP contribution is -2.26. The van der Waals surface area contributed by atoms with Gasteiger partial charge in [-0.05, 0) is 44.4 Å². The summed E-state index contributed by atoms with van der Waals surface area (Å²) in [6, 6.07) is 8.26. The minimum Gasteiger partial charge on any atom is -0.497 e. The fourth-order valence-corrected chi connectivity index (χ4v) is 3.37. The quantitative estimate of drug-likeness (QED) is 0.851. The fraction of sp³-hybridized carbons (Fsp3) is 0.421. The van der Waals surface area contributed by atoms with E-state index in [1.807, 2.05) is 32.0 Å². The fourth-order valence-electron chi connectivity index (χ4n) is 3.37. The Hall–Kier alpha value is -2.81. The van der Waals surface area contributed by atoms with E-state index in [-0.39, 0.29) is 6.04 Å². The van der Waals surface area contributed by atoms with Gasteiger partial charge in [-0.15, -0.1) is 5.10 Å². The van der Waals surface area contributed by atoms with E-state index in [2.05, 4.69) is 21.2 Å². The lowest BCUT2D eigenvalue weighted by atomic mass is 10.0. The number of nitriles is 1. The molecule has 0 unspecified atom stereocenters. The van der Waals surface area contributed by atoms with Crippen molar-refractivity contribution in [2.75, 3.05) is 25.7 Å². The molecule has 25 heavy (non-hydrogen) atoms. The number of rotatable bonds is 4. The van der Waals surface area contributed by atoms with Crippen LogP contribution in [0.5, 0.6) is 11.5 Å². The van der Waals surface area contributed by atoms with E-state index in [4.69, 9.17) is 9.47 Å². The first-order valence-corrected chi connectivity index (χ1v) is 8.33. The average Bonchev–Trinajstić information content (AvgIpc) is 3.12. The van der Waals surface area contributed by atoms with Crippen molar-refractivity contribution in [1.29, 1.82) is 5.26 Å². The molecule has 1 aliphatic rings. The minimum atomic E-state index is 0.101. The third kappa shape index (κ3) is 2.98. The molecule has 3 rings (SSSR count). The Kier molecular flexibility index (Phi) is 4.75. The summed E-state index contributed by atoms with van der Waals surface area (Å²) >= 11 is 0. The van der Waals surface area contributed by atoms with Crippen molar-refractivity contribution in [2.45, 2.75) is 32.7 Å². The van der Waals surface area contributed by atoms with Crippen LogP contribution >= 0.6 is 0 Å². The van der Waals surface area contributed by atoms with Gasteiger partial charge in [-0.25, -0.2) is 0 Å². The first-order valence-electron chi connectivity index (χ1n) is 8.33. The van der Waals surface area contributed by atoms with E-state index in [1.54, 1.807) is 14.2 Å². The third-order valence-corrected chi connectivity index (χ3v) is 4.87. The summed E-state index contributed by atoms with van der Waals surface area (Å²) in [5.41, 5.74) is 3.36. The molecule has 1 fully saturated rings. The summed E-state index contributed by atoms with van der Waals surface area (Å²) in [7, 11) is 3.30. The average molecular weight is 338 g/mol. The largest absolute Gasteiger partial charge is 0.497 e. The summed E-state index contributed by atoms with van der Waals surface area (Å²) in [4.78, 5) is 2.17. The van der Waals surface area contributed by atoms with Crippen LogP contribution in [0.1, 0.15) is 41.3 Å². The topological polar surface area (TPSA) is 71.3 Å². The molecule has 0 saturated carbocycles. The Morgan fingerprint density at radius 2 is 2.00 bits per heavy atom. The highest BCUT2D eigenvalue weighted by Crippen LogP contribution is 2.41. The Morgan fingerprint density at radius 1 is 1.20 bits per heavy atom. The molecule has 0 spiro atoms. The van der Waals surface area contributed by atoms with Crippen LogP contribution in [0.2, 0.25) is 0 Å². The van der Waals surface area contributed by atoms with Crippen LogP contribution < -0.4 is 14.4 Å². The normalized spacial score (nSPS) is 16.6. The number of hydrogen-bond acceptors (Lipinski definition) is 6. The molecule has 2 aromatic rings. The maximum Gasteiger partial charge on any atom is 0.170 e. The molecule has 1 atom stereocenters. The lowest BCUT2D eigenvalue weighted by molar-refractivity contribution is 0.388. The monoisotopic (exact) mass is 338 g/mol. The molecule has 0 radical (unpaired) electrons. The summed E-state index contributed by atoms with van der Waals surface area (Å²) < 4.78 is 10.9. The second-order valence-corrected chi connectivity index (χ2v) is 6.18. The molecule has 1 aromatic carbocycles. The van der Waals surface area contributed by atoms with Gasteiger partial charge >= 0.3 is 0 Å². The number of methoxy groups -OCH3 is 2.